The molecule has 1 rings (SSSR count). The number of carbonyl (C=O) groups is 1. The summed E-state index contributed by atoms with van der Waals surface area (Å²) in [6.07, 6.45) is 0.956. The monoisotopic (exact) mass is 249 g/mol. The summed E-state index contributed by atoms with van der Waals surface area (Å²) in [6.45, 7) is 3.46. The molecule has 1 fully saturated rings. The van der Waals surface area contributed by atoms with Gasteiger partial charge in [0, 0.05) is 25.5 Å². The fourth-order valence-corrected chi connectivity index (χ4v) is 2.11. The quantitative estimate of drug-likeness (QED) is 0.706. The Morgan fingerprint density at radius 1 is 1.69 bits per heavy atom. The Morgan fingerprint density at radius 2 is 2.38 bits per heavy atom. The van der Waals surface area contributed by atoms with Crippen molar-refractivity contribution in [2.75, 3.05) is 25.5 Å². The van der Waals surface area contributed by atoms with Crippen LogP contribution in [0.25, 0.3) is 0 Å². The zero-order valence-corrected chi connectivity index (χ0v) is 9.71. The molecule has 0 N–H and O–H groups in total. The van der Waals surface area contributed by atoms with Gasteiger partial charge in [0.2, 0.25) is 5.91 Å². The fraction of sp³-hybridized carbons (Fsp3) is 0.889. The van der Waals surface area contributed by atoms with Gasteiger partial charge in [-0.15, -0.1) is 0 Å². The van der Waals surface area contributed by atoms with Crippen LogP contribution in [0.15, 0.2) is 0 Å². The van der Waals surface area contributed by atoms with Gasteiger partial charge in [0.25, 0.3) is 0 Å². The summed E-state index contributed by atoms with van der Waals surface area (Å²) in [4.78, 5) is 13.5. The lowest BCUT2D eigenvalue weighted by Crippen LogP contribution is -2.36. The normalized spacial score (nSPS) is 27.6. The van der Waals surface area contributed by atoms with Crippen molar-refractivity contribution in [3.63, 3.8) is 0 Å². The summed E-state index contributed by atoms with van der Waals surface area (Å²) < 4.78 is 5.36. The second-order valence-corrected chi connectivity index (χ2v) is 4.21. The molecule has 1 aliphatic rings. The zero-order chi connectivity index (χ0) is 9.84. The van der Waals surface area contributed by atoms with Crippen molar-refractivity contribution in [2.45, 2.75) is 19.4 Å². The van der Waals surface area contributed by atoms with Gasteiger partial charge in [-0.05, 0) is 13.3 Å². The summed E-state index contributed by atoms with van der Waals surface area (Å²) in [7, 11) is 1.84. The molecule has 0 bridgehead atoms. The minimum Gasteiger partial charge on any atom is -0.378 e. The van der Waals surface area contributed by atoms with E-state index in [2.05, 4.69) is 15.9 Å². The lowest BCUT2D eigenvalue weighted by molar-refractivity contribution is -0.135. The van der Waals surface area contributed by atoms with E-state index in [0.29, 0.717) is 0 Å². The van der Waals surface area contributed by atoms with Crippen LogP contribution in [0.2, 0.25) is 0 Å². The zero-order valence-electron chi connectivity index (χ0n) is 8.12. The highest BCUT2D eigenvalue weighted by atomic mass is 79.9. The number of amides is 1. The van der Waals surface area contributed by atoms with Crippen LogP contribution in [-0.2, 0) is 9.53 Å². The molecule has 13 heavy (non-hydrogen) atoms. The summed E-state index contributed by atoms with van der Waals surface area (Å²) >= 11 is 3.32. The third kappa shape index (κ3) is 2.68. The Bertz CT molecular complexity index is 186. The Labute approximate surface area is 87.6 Å². The van der Waals surface area contributed by atoms with Gasteiger partial charge in [-0.25, -0.2) is 0 Å². The number of rotatable bonds is 3. The van der Waals surface area contributed by atoms with E-state index in [-0.39, 0.29) is 17.9 Å². The van der Waals surface area contributed by atoms with Gasteiger partial charge >= 0.3 is 0 Å². The number of carbonyl (C=O) groups excluding carboxylic acids is 1. The molecule has 1 amide bonds. The van der Waals surface area contributed by atoms with Crippen LogP contribution < -0.4 is 0 Å². The van der Waals surface area contributed by atoms with Crippen molar-refractivity contribution in [3.05, 3.63) is 0 Å². The summed E-state index contributed by atoms with van der Waals surface area (Å²) in [5.41, 5.74) is 0. The number of ether oxygens (including phenoxy) is 1. The standard InChI is InChI=1S/C9H16BrNO2/c1-7-8(3-6-13-7)9(12)11(2)5-4-10/h7-8H,3-6H2,1-2H3. The molecule has 76 valence electrons. The van der Waals surface area contributed by atoms with Crippen molar-refractivity contribution >= 4 is 21.8 Å². The van der Waals surface area contributed by atoms with Gasteiger partial charge in [0.05, 0.1) is 12.0 Å². The average Bonchev–Trinajstić information content (AvgIpc) is 2.50. The van der Waals surface area contributed by atoms with E-state index < -0.39 is 0 Å². The van der Waals surface area contributed by atoms with E-state index in [0.717, 1.165) is 24.9 Å². The number of alkyl halides is 1. The van der Waals surface area contributed by atoms with Gasteiger partial charge in [-0.2, -0.15) is 0 Å². The summed E-state index contributed by atoms with van der Waals surface area (Å²) in [5.74, 6) is 0.286. The highest BCUT2D eigenvalue weighted by Crippen LogP contribution is 2.22. The van der Waals surface area contributed by atoms with Crippen LogP contribution in [0.5, 0.6) is 0 Å². The molecule has 0 radical (unpaired) electrons. The number of nitrogens with zero attached hydrogens (tertiary/aromatic N) is 1. The van der Waals surface area contributed by atoms with E-state index >= 15 is 0 Å². The molecule has 0 aromatic rings. The third-order valence-corrected chi connectivity index (χ3v) is 2.84. The number of halogens is 1. The number of hydrogen-bond acceptors (Lipinski definition) is 2. The summed E-state index contributed by atoms with van der Waals surface area (Å²) in [6, 6.07) is 0. The van der Waals surface area contributed by atoms with Crippen molar-refractivity contribution in [2.24, 2.45) is 5.92 Å². The van der Waals surface area contributed by atoms with Crippen LogP contribution in [-0.4, -0.2) is 42.4 Å². The third-order valence-electron chi connectivity index (χ3n) is 2.49. The van der Waals surface area contributed by atoms with Gasteiger partial charge in [-0.3, -0.25) is 4.79 Å². The van der Waals surface area contributed by atoms with Crippen LogP contribution in [0.4, 0.5) is 0 Å². The van der Waals surface area contributed by atoms with Gasteiger partial charge in [0.15, 0.2) is 0 Å². The van der Waals surface area contributed by atoms with E-state index in [1.165, 1.54) is 0 Å². The van der Waals surface area contributed by atoms with Crippen molar-refractivity contribution in [1.82, 2.24) is 4.90 Å². The molecule has 0 saturated carbocycles. The van der Waals surface area contributed by atoms with Crippen LogP contribution in [0.3, 0.4) is 0 Å². The second-order valence-electron chi connectivity index (χ2n) is 3.42. The highest BCUT2D eigenvalue weighted by Gasteiger charge is 2.32. The first kappa shape index (κ1) is 11.0. The molecule has 1 heterocycles. The molecule has 1 aliphatic heterocycles. The van der Waals surface area contributed by atoms with Gasteiger partial charge in [-0.1, -0.05) is 15.9 Å². The molecule has 0 spiro atoms. The lowest BCUT2D eigenvalue weighted by atomic mass is 10.0. The SMILES string of the molecule is CC1OCCC1C(=O)N(C)CCBr. The average molecular weight is 250 g/mol. The van der Waals surface area contributed by atoms with Crippen molar-refractivity contribution in [1.29, 1.82) is 0 Å². The lowest BCUT2D eigenvalue weighted by Gasteiger charge is -2.21. The molecular formula is C9H16BrNO2. The van der Waals surface area contributed by atoms with E-state index in [1.807, 2.05) is 14.0 Å². The molecular weight excluding hydrogens is 234 g/mol. The minimum absolute atomic E-state index is 0.0732. The van der Waals surface area contributed by atoms with Gasteiger partial charge < -0.3 is 9.64 Å². The molecule has 2 atom stereocenters. The second kappa shape index (κ2) is 4.96. The van der Waals surface area contributed by atoms with E-state index in [1.54, 1.807) is 4.90 Å². The number of hydrogen-bond donors (Lipinski definition) is 0. The molecule has 2 unspecified atom stereocenters. The predicted octanol–water partition coefficient (Wildman–Crippen LogP) is 1.26. The highest BCUT2D eigenvalue weighted by molar-refractivity contribution is 9.09. The van der Waals surface area contributed by atoms with Crippen molar-refractivity contribution < 1.29 is 9.53 Å². The maximum absolute atomic E-state index is 11.8. The Kier molecular flexibility index (Phi) is 4.19. The Morgan fingerprint density at radius 3 is 2.85 bits per heavy atom. The van der Waals surface area contributed by atoms with E-state index in [9.17, 15) is 4.79 Å². The molecule has 0 aromatic carbocycles. The molecule has 0 aliphatic carbocycles. The smallest absolute Gasteiger partial charge is 0.228 e. The Balaban J connectivity index is 2.46. The summed E-state index contributed by atoms with van der Waals surface area (Å²) in [5, 5.41) is 0.831. The topological polar surface area (TPSA) is 29.5 Å². The molecule has 1 saturated heterocycles. The molecule has 3 nitrogen and oxygen atoms in total. The van der Waals surface area contributed by atoms with Crippen molar-refractivity contribution in [3.8, 4) is 0 Å². The first-order chi connectivity index (χ1) is 6.16. The molecule has 4 heteroatoms. The first-order valence-corrected chi connectivity index (χ1v) is 5.71. The maximum Gasteiger partial charge on any atom is 0.228 e. The first-order valence-electron chi connectivity index (χ1n) is 4.59. The predicted molar refractivity (Wildman–Crippen MR) is 55.0 cm³/mol. The van der Waals surface area contributed by atoms with Gasteiger partial charge in [0.1, 0.15) is 0 Å². The molecule has 0 aromatic heterocycles. The fourth-order valence-electron chi connectivity index (χ4n) is 1.58. The van der Waals surface area contributed by atoms with Crippen LogP contribution in [0.1, 0.15) is 13.3 Å². The van der Waals surface area contributed by atoms with Crippen LogP contribution in [0, 0.1) is 5.92 Å². The Hall–Kier alpha value is -0.0900. The van der Waals surface area contributed by atoms with Crippen LogP contribution >= 0.6 is 15.9 Å². The van der Waals surface area contributed by atoms with E-state index in [4.69, 9.17) is 4.74 Å². The maximum atomic E-state index is 11.8. The minimum atomic E-state index is 0.0732. The largest absolute Gasteiger partial charge is 0.378 e.